The first-order valence-corrected chi connectivity index (χ1v) is 6.33. The van der Waals surface area contributed by atoms with Crippen LogP contribution in [0.5, 0.6) is 0 Å². The van der Waals surface area contributed by atoms with Gasteiger partial charge in [-0.05, 0) is 12.5 Å². The normalized spacial score (nSPS) is 11.4. The van der Waals surface area contributed by atoms with E-state index in [-0.39, 0.29) is 5.12 Å². The van der Waals surface area contributed by atoms with Gasteiger partial charge in [-0.15, -0.1) is 0 Å². The van der Waals surface area contributed by atoms with E-state index in [0.717, 1.165) is 23.5 Å². The van der Waals surface area contributed by atoms with Gasteiger partial charge in [-0.1, -0.05) is 17.8 Å². The minimum absolute atomic E-state index is 0.166. The van der Waals surface area contributed by atoms with E-state index in [1.807, 2.05) is 22.9 Å². The summed E-state index contributed by atoms with van der Waals surface area (Å²) in [5, 5.41) is 0.166. The number of thioether (sulfide) groups is 1. The number of carbonyl (C=O) groups excluding carboxylic acids is 1. The Kier molecular flexibility index (Phi) is 3.93. The summed E-state index contributed by atoms with van der Waals surface area (Å²) in [7, 11) is 0. The predicted octanol–water partition coefficient (Wildman–Crippen LogP) is 2.41. The summed E-state index contributed by atoms with van der Waals surface area (Å²) in [4.78, 5) is 19.0. The van der Waals surface area contributed by atoms with Crippen molar-refractivity contribution < 1.29 is 4.79 Å². The second-order valence-corrected chi connectivity index (χ2v) is 4.79. The van der Waals surface area contributed by atoms with E-state index >= 15 is 0 Å². The van der Waals surface area contributed by atoms with Gasteiger partial charge in [0.1, 0.15) is 0 Å². The van der Waals surface area contributed by atoms with Crippen LogP contribution in [0.3, 0.4) is 0 Å². The lowest BCUT2D eigenvalue weighted by Crippen LogP contribution is -1.87. The third kappa shape index (κ3) is 3.17. The number of fused-ring (bicyclic) bond motifs is 1. The molecule has 0 aliphatic carbocycles. The van der Waals surface area contributed by atoms with E-state index in [2.05, 4.69) is 16.0 Å². The highest BCUT2D eigenvalue weighted by atomic mass is 32.2. The summed E-state index contributed by atoms with van der Waals surface area (Å²) < 4.78 is 1.97. The van der Waals surface area contributed by atoms with Crippen molar-refractivity contribution in [1.29, 1.82) is 0 Å². The van der Waals surface area contributed by atoms with Gasteiger partial charge in [0.2, 0.25) is 0 Å². The fourth-order valence-corrected chi connectivity index (χ4v) is 2.00. The Balaban J connectivity index is 1.98. The Bertz CT molecular complexity index is 547. The number of allylic oxidation sites excluding steroid dienone is 1. The van der Waals surface area contributed by atoms with Crippen LogP contribution in [0, 0.1) is 0 Å². The highest BCUT2D eigenvalue weighted by molar-refractivity contribution is 8.13. The quantitative estimate of drug-likeness (QED) is 0.778. The van der Waals surface area contributed by atoms with E-state index in [1.165, 1.54) is 11.8 Å². The molecule has 4 nitrogen and oxygen atoms in total. The molecule has 0 saturated heterocycles. The summed E-state index contributed by atoms with van der Waals surface area (Å²) in [6.07, 6.45) is 12.1. The van der Waals surface area contributed by atoms with Crippen molar-refractivity contribution in [3.63, 3.8) is 0 Å². The summed E-state index contributed by atoms with van der Waals surface area (Å²) in [5.74, 6) is 0.824. The number of rotatable bonds is 4. The van der Waals surface area contributed by atoms with Crippen molar-refractivity contribution in [2.24, 2.45) is 0 Å². The molecule has 0 N–H and O–H groups in total. The number of imidazole rings is 1. The van der Waals surface area contributed by atoms with Gasteiger partial charge in [0, 0.05) is 25.1 Å². The molecule has 0 fully saturated rings. The molecule has 0 unspecified atom stereocenters. The lowest BCUT2D eigenvalue weighted by molar-refractivity contribution is -0.109. The molecule has 2 aromatic heterocycles. The molecule has 0 saturated carbocycles. The summed E-state index contributed by atoms with van der Waals surface area (Å²) >= 11 is 1.35. The van der Waals surface area contributed by atoms with Crippen LogP contribution >= 0.6 is 11.8 Å². The van der Waals surface area contributed by atoms with Crippen LogP contribution in [0.4, 0.5) is 0 Å². The molecule has 5 heteroatoms. The lowest BCUT2D eigenvalue weighted by atomic mass is 10.3. The molecule has 0 aliphatic heterocycles. The highest BCUT2D eigenvalue weighted by Crippen LogP contribution is 2.08. The fourth-order valence-electron chi connectivity index (χ4n) is 1.46. The molecule has 2 aromatic rings. The van der Waals surface area contributed by atoms with Gasteiger partial charge < -0.3 is 0 Å². The van der Waals surface area contributed by atoms with Crippen molar-refractivity contribution in [1.82, 2.24) is 14.4 Å². The summed E-state index contributed by atoms with van der Waals surface area (Å²) in [6, 6.07) is 0. The predicted molar refractivity (Wildman–Crippen MR) is 69.8 cm³/mol. The minimum atomic E-state index is 0.166. The maximum atomic E-state index is 10.7. The molecule has 0 atom stereocenters. The Labute approximate surface area is 104 Å². The molecular weight excluding hydrogens is 234 g/mol. The second-order valence-electron chi connectivity index (χ2n) is 3.52. The molecule has 88 valence electrons. The molecular formula is C12H13N3OS. The van der Waals surface area contributed by atoms with Crippen molar-refractivity contribution in [2.45, 2.75) is 13.3 Å². The summed E-state index contributed by atoms with van der Waals surface area (Å²) in [5.41, 5.74) is 1.86. The third-order valence-electron chi connectivity index (χ3n) is 2.22. The number of aromatic nitrogens is 3. The van der Waals surface area contributed by atoms with E-state index in [4.69, 9.17) is 0 Å². The second kappa shape index (κ2) is 5.63. The average molecular weight is 247 g/mol. The van der Waals surface area contributed by atoms with Gasteiger partial charge in [-0.2, -0.15) is 0 Å². The largest absolute Gasteiger partial charge is 0.297 e. The molecule has 0 aliphatic rings. The maximum Gasteiger partial charge on any atom is 0.185 e. The molecule has 0 radical (unpaired) electrons. The van der Waals surface area contributed by atoms with Crippen LogP contribution in [0.25, 0.3) is 11.7 Å². The van der Waals surface area contributed by atoms with Gasteiger partial charge in [0.05, 0.1) is 18.1 Å². The first kappa shape index (κ1) is 11.9. The average Bonchev–Trinajstić information content (AvgIpc) is 2.72. The van der Waals surface area contributed by atoms with E-state index < -0.39 is 0 Å². The van der Waals surface area contributed by atoms with E-state index in [9.17, 15) is 4.79 Å². The zero-order valence-electron chi connectivity index (χ0n) is 9.54. The molecule has 0 spiro atoms. The summed E-state index contributed by atoms with van der Waals surface area (Å²) in [6.45, 7) is 1.59. The SMILES string of the molecule is CC(=O)SCCC=Cc1cnc2cnccn12. The Morgan fingerprint density at radius 3 is 3.24 bits per heavy atom. The molecule has 2 rings (SSSR count). The minimum Gasteiger partial charge on any atom is -0.297 e. The van der Waals surface area contributed by atoms with Crippen LogP contribution < -0.4 is 0 Å². The van der Waals surface area contributed by atoms with Crippen molar-refractivity contribution >= 4 is 28.6 Å². The fraction of sp³-hybridized carbons (Fsp3) is 0.250. The Morgan fingerprint density at radius 1 is 1.53 bits per heavy atom. The van der Waals surface area contributed by atoms with Crippen LogP contribution in [-0.4, -0.2) is 25.2 Å². The first-order valence-electron chi connectivity index (χ1n) is 5.34. The van der Waals surface area contributed by atoms with Gasteiger partial charge >= 0.3 is 0 Å². The van der Waals surface area contributed by atoms with Gasteiger partial charge in [-0.3, -0.25) is 14.2 Å². The van der Waals surface area contributed by atoms with Crippen molar-refractivity contribution in [3.05, 3.63) is 36.6 Å². The molecule has 0 amide bonds. The van der Waals surface area contributed by atoms with Crippen molar-refractivity contribution in [2.75, 3.05) is 5.75 Å². The maximum absolute atomic E-state index is 10.7. The number of nitrogens with zero attached hydrogens (tertiary/aromatic N) is 3. The first-order chi connectivity index (χ1) is 8.27. The molecule has 2 heterocycles. The molecule has 0 aromatic carbocycles. The van der Waals surface area contributed by atoms with Crippen LogP contribution in [0.1, 0.15) is 19.0 Å². The Hall–Kier alpha value is -1.62. The smallest absolute Gasteiger partial charge is 0.185 e. The number of hydrogen-bond acceptors (Lipinski definition) is 4. The highest BCUT2D eigenvalue weighted by Gasteiger charge is 1.98. The third-order valence-corrected chi connectivity index (χ3v) is 3.07. The van der Waals surface area contributed by atoms with Gasteiger partial charge in [-0.25, -0.2) is 4.98 Å². The van der Waals surface area contributed by atoms with Crippen molar-refractivity contribution in [3.8, 4) is 0 Å². The molecule has 0 bridgehead atoms. The van der Waals surface area contributed by atoms with Crippen LogP contribution in [0.2, 0.25) is 0 Å². The number of carbonyl (C=O) groups is 1. The van der Waals surface area contributed by atoms with Crippen LogP contribution in [0.15, 0.2) is 30.9 Å². The lowest BCUT2D eigenvalue weighted by Gasteiger charge is -1.95. The zero-order valence-corrected chi connectivity index (χ0v) is 10.4. The van der Waals surface area contributed by atoms with E-state index in [1.54, 1.807) is 19.3 Å². The monoisotopic (exact) mass is 247 g/mol. The van der Waals surface area contributed by atoms with Crippen LogP contribution in [-0.2, 0) is 4.79 Å². The standard InChI is InChI=1S/C12H13N3OS/c1-10(16)17-7-3-2-4-11-8-14-12-9-13-5-6-15(11)12/h2,4-6,8-9H,3,7H2,1H3. The number of hydrogen-bond donors (Lipinski definition) is 0. The van der Waals surface area contributed by atoms with Gasteiger partial charge in [0.15, 0.2) is 10.8 Å². The zero-order chi connectivity index (χ0) is 12.1. The van der Waals surface area contributed by atoms with E-state index in [0.29, 0.717) is 0 Å². The topological polar surface area (TPSA) is 47.3 Å². The Morgan fingerprint density at radius 2 is 2.41 bits per heavy atom. The van der Waals surface area contributed by atoms with Gasteiger partial charge in [0.25, 0.3) is 0 Å². The molecule has 17 heavy (non-hydrogen) atoms.